The molecule has 0 spiro atoms. The number of esters is 1. The van der Waals surface area contributed by atoms with Crippen molar-refractivity contribution >= 4 is 41.1 Å². The van der Waals surface area contributed by atoms with Gasteiger partial charge in [-0.2, -0.15) is 0 Å². The highest BCUT2D eigenvalue weighted by atomic mass is 35.5. The van der Waals surface area contributed by atoms with Crippen molar-refractivity contribution in [3.8, 4) is 5.75 Å². The third-order valence-corrected chi connectivity index (χ3v) is 11.6. The molecule has 318 valence electrons. The van der Waals surface area contributed by atoms with Gasteiger partial charge < -0.3 is 34.5 Å². The van der Waals surface area contributed by atoms with Gasteiger partial charge in [0.05, 0.1) is 57.3 Å². The number of likely N-dealkylation sites (N-methyl/N-ethyl adjacent to an activating group) is 1. The summed E-state index contributed by atoms with van der Waals surface area (Å²) in [4.78, 5) is 43.0. The van der Waals surface area contributed by atoms with E-state index in [1.165, 1.54) is 11.8 Å². The number of carbonyl (C=O) groups excluding carboxylic acids is 3. The van der Waals surface area contributed by atoms with Crippen LogP contribution >= 0.6 is 23.4 Å². The Bertz CT molecular complexity index is 1950. The summed E-state index contributed by atoms with van der Waals surface area (Å²) in [5.41, 5.74) is -0.343. The highest BCUT2D eigenvalue weighted by Crippen LogP contribution is 2.34. The Balaban J connectivity index is 0.942. The maximum Gasteiger partial charge on any atom is 0.340 e. The molecule has 4 unspecified atom stereocenters. The molecule has 2 aliphatic rings. The second-order valence-electron chi connectivity index (χ2n) is 14.8. The number of ether oxygens (including phenoxy) is 4. The van der Waals surface area contributed by atoms with E-state index in [9.17, 15) is 14.4 Å². The molecule has 2 aliphatic heterocycles. The highest BCUT2D eigenvalue weighted by molar-refractivity contribution is 7.99. The van der Waals surface area contributed by atoms with Crippen LogP contribution in [-0.4, -0.2) is 121 Å². The standard InChI is InChI=1S/C40H53ClN10O7S/c1-28(42-3)36(52)43-35(37(53)50-20-11-12-32(50)25-51-39(45-46-48-51)59-34-13-7-6-8-14-34)29(2)57-26-31-24-49(47-44-31)21-23-56-38(54)40(27-58-40)19-9-4-5-10-22-55-33-17-15-30(41)16-18-33/h6-8,13-18,24,28-29,32,35,42H,4-5,9-12,19-23,25-27H2,1-3H3,(H,43,52)/t28?,29?,32?,35?,40-/m1/s1. The first kappa shape index (κ1) is 43.9. The van der Waals surface area contributed by atoms with Crippen molar-refractivity contribution < 1.29 is 33.3 Å². The molecule has 6 rings (SSSR count). The smallest absolute Gasteiger partial charge is 0.340 e. The molecular weight excluding hydrogens is 800 g/mol. The largest absolute Gasteiger partial charge is 0.494 e. The number of hydrogen-bond acceptors (Lipinski definition) is 14. The zero-order valence-electron chi connectivity index (χ0n) is 33.7. The number of nitrogens with one attached hydrogen (secondary N) is 2. The van der Waals surface area contributed by atoms with Crippen LogP contribution in [0.4, 0.5) is 0 Å². The van der Waals surface area contributed by atoms with Gasteiger partial charge in [0.1, 0.15) is 24.1 Å². The lowest BCUT2D eigenvalue weighted by Gasteiger charge is -2.32. The van der Waals surface area contributed by atoms with E-state index >= 15 is 0 Å². The molecule has 0 saturated carbocycles. The number of aromatic nitrogens is 7. The third-order valence-electron chi connectivity index (χ3n) is 10.4. The Morgan fingerprint density at radius 1 is 1.02 bits per heavy atom. The summed E-state index contributed by atoms with van der Waals surface area (Å²) in [5.74, 6) is -0.138. The van der Waals surface area contributed by atoms with E-state index in [0.29, 0.717) is 55.1 Å². The monoisotopic (exact) mass is 852 g/mol. The van der Waals surface area contributed by atoms with E-state index in [0.717, 1.165) is 49.2 Å². The van der Waals surface area contributed by atoms with Crippen LogP contribution in [0.2, 0.25) is 5.02 Å². The maximum atomic E-state index is 14.2. The van der Waals surface area contributed by atoms with Crippen molar-refractivity contribution in [3.63, 3.8) is 0 Å². The molecule has 4 heterocycles. The lowest BCUT2D eigenvalue weighted by Crippen LogP contribution is -2.58. The third kappa shape index (κ3) is 12.7. The van der Waals surface area contributed by atoms with E-state index in [-0.39, 0.29) is 37.0 Å². The number of rotatable bonds is 24. The predicted molar refractivity (Wildman–Crippen MR) is 218 cm³/mol. The van der Waals surface area contributed by atoms with E-state index in [4.69, 9.17) is 30.5 Å². The van der Waals surface area contributed by atoms with Gasteiger partial charge in [-0.1, -0.05) is 47.9 Å². The molecule has 2 amide bonds. The second kappa shape index (κ2) is 21.6. The van der Waals surface area contributed by atoms with Gasteiger partial charge in [0.25, 0.3) is 0 Å². The van der Waals surface area contributed by atoms with Crippen molar-refractivity contribution in [2.45, 2.75) is 118 Å². The Morgan fingerprint density at radius 3 is 2.56 bits per heavy atom. The SMILES string of the molecule is CNC(C)C(=O)NC(C(=O)N1CCCC1Cn1nnnc1Sc1ccccc1)C(C)OCc1cn(CCOC(=O)[C@@]2(CCCCCCOc3ccc(Cl)cc3)CO2)nn1. The molecule has 19 heteroatoms. The van der Waals surface area contributed by atoms with Crippen molar-refractivity contribution in [1.82, 2.24) is 50.7 Å². The van der Waals surface area contributed by atoms with Crippen LogP contribution in [0.1, 0.15) is 64.5 Å². The minimum Gasteiger partial charge on any atom is -0.494 e. The lowest BCUT2D eigenvalue weighted by molar-refractivity contribution is -0.150. The molecule has 2 aromatic carbocycles. The summed E-state index contributed by atoms with van der Waals surface area (Å²) in [5, 5.41) is 27.8. The fourth-order valence-corrected chi connectivity index (χ4v) is 7.61. The fourth-order valence-electron chi connectivity index (χ4n) is 6.69. The van der Waals surface area contributed by atoms with Crippen molar-refractivity contribution in [3.05, 3.63) is 71.5 Å². The molecule has 2 N–H and O–H groups in total. The molecule has 4 aromatic rings. The van der Waals surface area contributed by atoms with Crippen LogP contribution in [0.15, 0.2) is 70.8 Å². The van der Waals surface area contributed by atoms with Crippen LogP contribution in [0.25, 0.3) is 0 Å². The topological polar surface area (TPSA) is 193 Å². The predicted octanol–water partition coefficient (Wildman–Crippen LogP) is 4.10. The van der Waals surface area contributed by atoms with Crippen molar-refractivity contribution in [2.75, 3.05) is 33.4 Å². The Kier molecular flexibility index (Phi) is 16.1. The summed E-state index contributed by atoms with van der Waals surface area (Å²) in [6.45, 7) is 5.84. The molecular formula is C40H53ClN10O7S. The van der Waals surface area contributed by atoms with Crippen LogP contribution in [0.3, 0.4) is 0 Å². The quantitative estimate of drug-likeness (QED) is 0.0582. The Hall–Kier alpha value is -4.62. The molecule has 5 atom stereocenters. The van der Waals surface area contributed by atoms with Gasteiger partial charge in [-0.3, -0.25) is 9.59 Å². The molecule has 0 aliphatic carbocycles. The molecule has 2 saturated heterocycles. The van der Waals surface area contributed by atoms with Gasteiger partial charge in [-0.05, 0) is 112 Å². The Labute approximate surface area is 353 Å². The number of halogens is 1. The number of nitrogens with zero attached hydrogens (tertiary/aromatic N) is 8. The molecule has 17 nitrogen and oxygen atoms in total. The zero-order chi connectivity index (χ0) is 41.6. The first-order valence-corrected chi connectivity index (χ1v) is 21.3. The van der Waals surface area contributed by atoms with Crippen LogP contribution in [0, 0.1) is 0 Å². The van der Waals surface area contributed by atoms with Gasteiger partial charge >= 0.3 is 5.97 Å². The number of amides is 2. The molecule has 0 radical (unpaired) electrons. The number of unbranched alkanes of at least 4 members (excludes halogenated alkanes) is 3. The molecule has 0 bridgehead atoms. The summed E-state index contributed by atoms with van der Waals surface area (Å²) in [6, 6.07) is 15.5. The number of epoxide rings is 1. The number of hydrogen-bond donors (Lipinski definition) is 2. The van der Waals surface area contributed by atoms with Gasteiger partial charge in [0, 0.05) is 16.5 Å². The van der Waals surface area contributed by atoms with Gasteiger partial charge in [0.15, 0.2) is 5.60 Å². The van der Waals surface area contributed by atoms with E-state index in [2.05, 4.69) is 36.5 Å². The van der Waals surface area contributed by atoms with Gasteiger partial charge in [-0.15, -0.1) is 10.2 Å². The van der Waals surface area contributed by atoms with E-state index in [1.54, 1.807) is 53.5 Å². The number of benzene rings is 2. The highest BCUT2D eigenvalue weighted by Gasteiger charge is 2.53. The second-order valence-corrected chi connectivity index (χ2v) is 16.2. The van der Waals surface area contributed by atoms with Crippen LogP contribution in [-0.2, 0) is 48.3 Å². The zero-order valence-corrected chi connectivity index (χ0v) is 35.3. The van der Waals surface area contributed by atoms with Crippen LogP contribution in [0.5, 0.6) is 5.75 Å². The summed E-state index contributed by atoms with van der Waals surface area (Å²) in [6.07, 6.45) is 6.86. The minimum absolute atomic E-state index is 0.0422. The van der Waals surface area contributed by atoms with Gasteiger partial charge in [0.2, 0.25) is 17.0 Å². The van der Waals surface area contributed by atoms with Crippen molar-refractivity contribution in [1.29, 1.82) is 0 Å². The Morgan fingerprint density at radius 2 is 1.80 bits per heavy atom. The minimum atomic E-state index is -0.966. The first-order chi connectivity index (χ1) is 28.6. The molecule has 2 fully saturated rings. The maximum absolute atomic E-state index is 14.2. The number of tetrazole rings is 1. The first-order valence-electron chi connectivity index (χ1n) is 20.1. The number of likely N-dealkylation sites (tertiary alicyclic amines) is 1. The summed E-state index contributed by atoms with van der Waals surface area (Å²) < 4.78 is 26.3. The average Bonchev–Trinajstić information content (AvgIpc) is 3.50. The van der Waals surface area contributed by atoms with E-state index in [1.807, 2.05) is 42.5 Å². The lowest BCUT2D eigenvalue weighted by atomic mass is 10.0. The van der Waals surface area contributed by atoms with Crippen LogP contribution < -0.4 is 15.4 Å². The number of carbonyl (C=O) groups is 3. The van der Waals surface area contributed by atoms with E-state index < -0.39 is 23.8 Å². The van der Waals surface area contributed by atoms with Gasteiger partial charge in [-0.25, -0.2) is 14.2 Å². The summed E-state index contributed by atoms with van der Waals surface area (Å²) in [7, 11) is 1.68. The summed E-state index contributed by atoms with van der Waals surface area (Å²) >= 11 is 7.37. The molecule has 59 heavy (non-hydrogen) atoms. The van der Waals surface area contributed by atoms with Crippen molar-refractivity contribution in [2.24, 2.45) is 0 Å². The normalized spacial score (nSPS) is 18.9. The molecule has 2 aromatic heterocycles. The fraction of sp³-hybridized carbons (Fsp3) is 0.550. The average molecular weight is 853 g/mol.